The summed E-state index contributed by atoms with van der Waals surface area (Å²) in [6, 6.07) is 3.48. The number of carbonyl (C=O) groups excluding carboxylic acids is 1. The van der Waals surface area contributed by atoms with Crippen molar-refractivity contribution in [2.45, 2.75) is 31.7 Å². The van der Waals surface area contributed by atoms with Gasteiger partial charge < -0.3 is 15.8 Å². The van der Waals surface area contributed by atoms with E-state index in [2.05, 4.69) is 5.32 Å². The van der Waals surface area contributed by atoms with Crippen LogP contribution in [0, 0.1) is 6.92 Å². The van der Waals surface area contributed by atoms with E-state index in [0.29, 0.717) is 16.5 Å². The lowest BCUT2D eigenvalue weighted by atomic mass is 9.77. The summed E-state index contributed by atoms with van der Waals surface area (Å²) in [5.41, 5.74) is 6.75. The minimum absolute atomic E-state index is 0.159. The molecule has 1 saturated carbocycles. The molecule has 1 aromatic carbocycles. The Morgan fingerprint density at radius 3 is 2.67 bits per heavy atom. The Hall–Kier alpha value is -1.26. The Morgan fingerprint density at radius 2 is 2.17 bits per heavy atom. The van der Waals surface area contributed by atoms with Gasteiger partial charge in [-0.25, -0.2) is 0 Å². The summed E-state index contributed by atoms with van der Waals surface area (Å²) in [4.78, 5) is 12.1. The molecule has 0 bridgehead atoms. The molecule has 4 nitrogen and oxygen atoms in total. The van der Waals surface area contributed by atoms with Gasteiger partial charge in [0.25, 0.3) is 0 Å². The lowest BCUT2D eigenvalue weighted by Crippen LogP contribution is -2.56. The maximum absolute atomic E-state index is 12.1. The second kappa shape index (κ2) is 4.78. The highest BCUT2D eigenvalue weighted by molar-refractivity contribution is 6.31. The highest BCUT2D eigenvalue weighted by atomic mass is 35.5. The molecule has 0 aromatic heterocycles. The summed E-state index contributed by atoms with van der Waals surface area (Å²) in [6.07, 6.45) is 2.46. The third kappa shape index (κ3) is 2.31. The normalized spacial score (nSPS) is 16.9. The molecule has 0 radical (unpaired) electrons. The zero-order valence-corrected chi connectivity index (χ0v) is 11.3. The first-order chi connectivity index (χ1) is 8.46. The number of rotatable bonds is 3. The first-order valence-corrected chi connectivity index (χ1v) is 6.28. The number of carbonyl (C=O) groups is 1. The van der Waals surface area contributed by atoms with Crippen molar-refractivity contribution < 1.29 is 9.53 Å². The number of anilines is 1. The fraction of sp³-hybridized carbons (Fsp3) is 0.462. The number of amides is 1. The molecule has 1 aliphatic carbocycles. The van der Waals surface area contributed by atoms with Gasteiger partial charge in [-0.1, -0.05) is 11.6 Å². The molecule has 0 unspecified atom stereocenters. The lowest BCUT2D eigenvalue weighted by molar-refractivity contribution is -0.123. The van der Waals surface area contributed by atoms with Gasteiger partial charge in [0.15, 0.2) is 0 Å². The van der Waals surface area contributed by atoms with Gasteiger partial charge in [0.2, 0.25) is 5.91 Å². The zero-order chi connectivity index (χ0) is 13.3. The largest absolute Gasteiger partial charge is 0.495 e. The zero-order valence-electron chi connectivity index (χ0n) is 10.5. The third-order valence-electron chi connectivity index (χ3n) is 3.43. The van der Waals surface area contributed by atoms with Gasteiger partial charge in [0.05, 0.1) is 18.3 Å². The second-order valence-corrected chi connectivity index (χ2v) is 5.17. The van der Waals surface area contributed by atoms with Crippen molar-refractivity contribution in [3.63, 3.8) is 0 Å². The monoisotopic (exact) mass is 268 g/mol. The van der Waals surface area contributed by atoms with Gasteiger partial charge in [-0.2, -0.15) is 0 Å². The fourth-order valence-electron chi connectivity index (χ4n) is 1.96. The van der Waals surface area contributed by atoms with E-state index < -0.39 is 5.54 Å². The van der Waals surface area contributed by atoms with Crippen LogP contribution in [0.3, 0.4) is 0 Å². The van der Waals surface area contributed by atoms with E-state index in [1.54, 1.807) is 12.1 Å². The first kappa shape index (κ1) is 13.2. The molecule has 5 heteroatoms. The molecule has 18 heavy (non-hydrogen) atoms. The minimum atomic E-state index is -0.724. The molecule has 0 saturated heterocycles. The average Bonchev–Trinajstić information content (AvgIpc) is 2.30. The first-order valence-electron chi connectivity index (χ1n) is 5.91. The van der Waals surface area contributed by atoms with Crippen LogP contribution in [0.5, 0.6) is 5.75 Å². The summed E-state index contributed by atoms with van der Waals surface area (Å²) in [6.45, 7) is 1.87. The van der Waals surface area contributed by atoms with Gasteiger partial charge in [0.1, 0.15) is 5.75 Å². The van der Waals surface area contributed by atoms with Crippen molar-refractivity contribution in [2.75, 3.05) is 12.4 Å². The molecule has 2 rings (SSSR count). The van der Waals surface area contributed by atoms with E-state index in [1.807, 2.05) is 6.92 Å². The van der Waals surface area contributed by atoms with Crippen molar-refractivity contribution in [3.05, 3.63) is 22.7 Å². The van der Waals surface area contributed by atoms with Gasteiger partial charge in [-0.15, -0.1) is 0 Å². The van der Waals surface area contributed by atoms with E-state index in [4.69, 9.17) is 22.1 Å². The summed E-state index contributed by atoms with van der Waals surface area (Å²) < 4.78 is 5.21. The van der Waals surface area contributed by atoms with E-state index >= 15 is 0 Å². The molecule has 0 atom stereocenters. The predicted molar refractivity (Wildman–Crippen MR) is 72.1 cm³/mol. The van der Waals surface area contributed by atoms with Crippen LogP contribution < -0.4 is 15.8 Å². The number of halogens is 1. The van der Waals surface area contributed by atoms with Crippen molar-refractivity contribution >= 4 is 23.2 Å². The van der Waals surface area contributed by atoms with Crippen LogP contribution >= 0.6 is 11.6 Å². The van der Waals surface area contributed by atoms with E-state index in [-0.39, 0.29) is 5.91 Å². The average molecular weight is 269 g/mol. The third-order valence-corrected chi connectivity index (χ3v) is 3.83. The SMILES string of the molecule is COc1cc(Cl)c(C)cc1NC(=O)C1(N)CCC1. The number of methoxy groups -OCH3 is 1. The van der Waals surface area contributed by atoms with E-state index in [1.165, 1.54) is 7.11 Å². The molecule has 0 aliphatic heterocycles. The van der Waals surface area contributed by atoms with Crippen LogP contribution in [0.25, 0.3) is 0 Å². The Kier molecular flexibility index (Phi) is 3.50. The molecule has 1 aliphatic rings. The van der Waals surface area contributed by atoms with Crippen LogP contribution in [-0.4, -0.2) is 18.6 Å². The van der Waals surface area contributed by atoms with Crippen LogP contribution in [0.2, 0.25) is 5.02 Å². The molecule has 98 valence electrons. The molecule has 1 aromatic rings. The maximum Gasteiger partial charge on any atom is 0.244 e. The number of aryl methyl sites for hydroxylation is 1. The fourth-order valence-corrected chi connectivity index (χ4v) is 2.12. The van der Waals surface area contributed by atoms with Crippen LogP contribution in [0.15, 0.2) is 12.1 Å². The van der Waals surface area contributed by atoms with E-state index in [9.17, 15) is 4.79 Å². The number of hydrogen-bond donors (Lipinski definition) is 2. The Labute approximate surface area is 111 Å². The lowest BCUT2D eigenvalue weighted by Gasteiger charge is -2.36. The molecule has 1 fully saturated rings. The minimum Gasteiger partial charge on any atom is -0.495 e. The van der Waals surface area contributed by atoms with Crippen molar-refractivity contribution in [3.8, 4) is 5.75 Å². The van der Waals surface area contributed by atoms with Crippen LogP contribution in [-0.2, 0) is 4.79 Å². The number of benzene rings is 1. The highest BCUT2D eigenvalue weighted by Gasteiger charge is 2.40. The summed E-state index contributed by atoms with van der Waals surface area (Å²) >= 11 is 6.01. The number of nitrogens with one attached hydrogen (secondary N) is 1. The highest BCUT2D eigenvalue weighted by Crippen LogP contribution is 2.34. The number of ether oxygens (including phenoxy) is 1. The summed E-state index contributed by atoms with van der Waals surface area (Å²) in [5, 5.41) is 3.43. The van der Waals surface area contributed by atoms with Crippen molar-refractivity contribution in [1.29, 1.82) is 0 Å². The molecule has 3 N–H and O–H groups in total. The molecular weight excluding hydrogens is 252 g/mol. The van der Waals surface area contributed by atoms with Crippen molar-refractivity contribution in [1.82, 2.24) is 0 Å². The standard InChI is InChI=1S/C13H17ClN2O2/c1-8-6-10(11(18-2)7-9(8)14)16-12(17)13(15)4-3-5-13/h6-7H,3-5,15H2,1-2H3,(H,16,17). The Morgan fingerprint density at radius 1 is 1.50 bits per heavy atom. The Bertz CT molecular complexity index is 484. The van der Waals surface area contributed by atoms with Gasteiger partial charge >= 0.3 is 0 Å². The molecular formula is C13H17ClN2O2. The van der Waals surface area contributed by atoms with E-state index in [0.717, 1.165) is 24.8 Å². The molecule has 1 amide bonds. The summed E-state index contributed by atoms with van der Waals surface area (Å²) in [7, 11) is 1.54. The van der Waals surface area contributed by atoms with Crippen molar-refractivity contribution in [2.24, 2.45) is 5.73 Å². The molecule has 0 spiro atoms. The predicted octanol–water partition coefficient (Wildman–Crippen LogP) is 2.48. The smallest absolute Gasteiger partial charge is 0.244 e. The maximum atomic E-state index is 12.1. The Balaban J connectivity index is 2.23. The quantitative estimate of drug-likeness (QED) is 0.885. The van der Waals surface area contributed by atoms with Gasteiger partial charge in [-0.3, -0.25) is 4.79 Å². The van der Waals surface area contributed by atoms with Crippen LogP contribution in [0.4, 0.5) is 5.69 Å². The summed E-state index contributed by atoms with van der Waals surface area (Å²) in [5.74, 6) is 0.385. The number of nitrogens with two attached hydrogens (primary N) is 1. The van der Waals surface area contributed by atoms with Gasteiger partial charge in [-0.05, 0) is 37.8 Å². The number of hydrogen-bond acceptors (Lipinski definition) is 3. The van der Waals surface area contributed by atoms with Crippen LogP contribution in [0.1, 0.15) is 24.8 Å². The van der Waals surface area contributed by atoms with Gasteiger partial charge in [0, 0.05) is 11.1 Å². The topological polar surface area (TPSA) is 64.3 Å². The second-order valence-electron chi connectivity index (χ2n) is 4.77. The molecule has 0 heterocycles.